The van der Waals surface area contributed by atoms with Crippen molar-refractivity contribution in [2.45, 2.75) is 26.2 Å². The second kappa shape index (κ2) is 4.54. The summed E-state index contributed by atoms with van der Waals surface area (Å²) in [6.07, 6.45) is 0. The van der Waals surface area contributed by atoms with E-state index in [1.807, 2.05) is 0 Å². The van der Waals surface area contributed by atoms with Gasteiger partial charge in [0.25, 0.3) is 5.69 Å². The molecule has 0 N–H and O–H groups in total. The van der Waals surface area contributed by atoms with Gasteiger partial charge in [-0.05, 0) is 25.5 Å². The predicted octanol–water partition coefficient (Wildman–Crippen LogP) is 1.83. The van der Waals surface area contributed by atoms with E-state index in [9.17, 15) is 19.7 Å². The van der Waals surface area contributed by atoms with Crippen molar-refractivity contribution in [2.75, 3.05) is 23.9 Å². The summed E-state index contributed by atoms with van der Waals surface area (Å²) in [7, 11) is 3.07. The zero-order valence-corrected chi connectivity index (χ0v) is 12.6. The number of amides is 2. The molecule has 0 saturated heterocycles. The van der Waals surface area contributed by atoms with Crippen LogP contribution in [0.3, 0.4) is 0 Å². The van der Waals surface area contributed by atoms with Crippen molar-refractivity contribution in [1.29, 1.82) is 0 Å². The van der Waals surface area contributed by atoms with E-state index >= 15 is 0 Å². The van der Waals surface area contributed by atoms with E-state index in [2.05, 4.69) is 0 Å². The first-order valence-electron chi connectivity index (χ1n) is 6.44. The Morgan fingerprint density at radius 2 is 1.95 bits per heavy atom. The van der Waals surface area contributed by atoms with Gasteiger partial charge in [0.05, 0.1) is 16.0 Å². The number of anilines is 2. The summed E-state index contributed by atoms with van der Waals surface area (Å²) in [5.41, 5.74) is 0.429. The molecule has 112 valence electrons. The lowest BCUT2D eigenvalue weighted by Crippen LogP contribution is -2.33. The summed E-state index contributed by atoms with van der Waals surface area (Å²) in [6.45, 7) is 4.86. The van der Waals surface area contributed by atoms with Crippen molar-refractivity contribution in [2.24, 2.45) is 0 Å². The molecule has 0 fully saturated rings. The summed E-state index contributed by atoms with van der Waals surface area (Å²) < 4.78 is 0. The van der Waals surface area contributed by atoms with Gasteiger partial charge in [-0.1, -0.05) is 0 Å². The van der Waals surface area contributed by atoms with Crippen LogP contribution < -0.4 is 9.80 Å². The Hall–Kier alpha value is -2.44. The number of likely N-dealkylation sites (N-methyl/N-ethyl adjacent to an activating group) is 1. The zero-order valence-electron chi connectivity index (χ0n) is 12.6. The number of carbonyl (C=O) groups excluding carboxylic acids is 2. The van der Waals surface area contributed by atoms with Gasteiger partial charge in [-0.15, -0.1) is 0 Å². The highest BCUT2D eigenvalue weighted by atomic mass is 16.6. The number of benzene rings is 1. The lowest BCUT2D eigenvalue weighted by molar-refractivity contribution is -0.384. The summed E-state index contributed by atoms with van der Waals surface area (Å²) in [4.78, 5) is 37.1. The Morgan fingerprint density at radius 1 is 1.38 bits per heavy atom. The summed E-state index contributed by atoms with van der Waals surface area (Å²) in [5, 5.41) is 11.3. The highest BCUT2D eigenvalue weighted by Crippen LogP contribution is 2.45. The molecule has 1 aromatic carbocycles. The van der Waals surface area contributed by atoms with Gasteiger partial charge in [0.15, 0.2) is 0 Å². The van der Waals surface area contributed by atoms with E-state index in [1.54, 1.807) is 27.0 Å². The van der Waals surface area contributed by atoms with E-state index in [4.69, 9.17) is 0 Å². The number of carbonyl (C=O) groups is 2. The SMILES string of the molecule is CC(=O)N(C)c1cc2c(cc1[N+](=O)[O-])N(C)C(=O)C2(C)C. The number of fused-ring (bicyclic) bond motifs is 1. The van der Waals surface area contributed by atoms with Crippen LogP contribution in [0.5, 0.6) is 0 Å². The van der Waals surface area contributed by atoms with Crippen LogP contribution in [0.4, 0.5) is 17.1 Å². The first kappa shape index (κ1) is 15.0. The molecule has 7 heteroatoms. The maximum Gasteiger partial charge on any atom is 0.295 e. The third-order valence-electron chi connectivity index (χ3n) is 4.00. The van der Waals surface area contributed by atoms with Crippen molar-refractivity contribution >= 4 is 28.9 Å². The maximum absolute atomic E-state index is 12.3. The molecule has 21 heavy (non-hydrogen) atoms. The van der Waals surface area contributed by atoms with Gasteiger partial charge in [0.1, 0.15) is 5.69 Å². The minimum atomic E-state index is -0.772. The second-order valence-electron chi connectivity index (χ2n) is 5.68. The average Bonchev–Trinajstić information content (AvgIpc) is 2.58. The molecule has 0 aliphatic carbocycles. The van der Waals surface area contributed by atoms with Gasteiger partial charge in [0, 0.05) is 27.1 Å². The Labute approximate surface area is 122 Å². The number of hydrogen-bond donors (Lipinski definition) is 0. The highest BCUT2D eigenvalue weighted by Gasteiger charge is 2.44. The van der Waals surface area contributed by atoms with Gasteiger partial charge in [-0.3, -0.25) is 19.7 Å². The molecular formula is C14H17N3O4. The van der Waals surface area contributed by atoms with Gasteiger partial charge in [0.2, 0.25) is 11.8 Å². The zero-order chi connectivity index (χ0) is 16.1. The standard InChI is InChI=1S/C14H17N3O4/c1-8(18)15(4)11-6-9-10(7-12(11)17(20)21)16(5)13(19)14(9,2)3/h6-7H,1-5H3. The molecule has 2 rings (SSSR count). The molecule has 0 aromatic heterocycles. The van der Waals surface area contributed by atoms with E-state index < -0.39 is 10.3 Å². The number of nitro benzene ring substituents is 1. The number of hydrogen-bond acceptors (Lipinski definition) is 4. The van der Waals surface area contributed by atoms with Crippen LogP contribution in [0.1, 0.15) is 26.3 Å². The third-order valence-corrected chi connectivity index (χ3v) is 4.00. The Kier molecular flexibility index (Phi) is 3.24. The second-order valence-corrected chi connectivity index (χ2v) is 5.68. The van der Waals surface area contributed by atoms with Crippen LogP contribution in [0.15, 0.2) is 12.1 Å². The van der Waals surface area contributed by atoms with Crippen LogP contribution in [0.2, 0.25) is 0 Å². The quantitative estimate of drug-likeness (QED) is 0.614. The molecule has 7 nitrogen and oxygen atoms in total. The first-order valence-corrected chi connectivity index (χ1v) is 6.44. The van der Waals surface area contributed by atoms with E-state index in [0.717, 1.165) is 0 Å². The van der Waals surface area contributed by atoms with Crippen LogP contribution in [-0.2, 0) is 15.0 Å². The van der Waals surface area contributed by atoms with Crippen molar-refractivity contribution in [1.82, 2.24) is 0 Å². The largest absolute Gasteiger partial charge is 0.314 e. The van der Waals surface area contributed by atoms with Crippen LogP contribution in [0, 0.1) is 10.1 Å². The van der Waals surface area contributed by atoms with Crippen LogP contribution >= 0.6 is 0 Å². The summed E-state index contributed by atoms with van der Waals surface area (Å²) in [5.74, 6) is -0.442. The molecule has 0 unspecified atom stereocenters. The van der Waals surface area contributed by atoms with Gasteiger partial charge in [-0.25, -0.2) is 0 Å². The van der Waals surface area contributed by atoms with Gasteiger partial charge >= 0.3 is 0 Å². The summed E-state index contributed by atoms with van der Waals surface area (Å²) >= 11 is 0. The van der Waals surface area contributed by atoms with E-state index in [1.165, 1.54) is 29.8 Å². The Morgan fingerprint density at radius 3 is 2.43 bits per heavy atom. The predicted molar refractivity (Wildman–Crippen MR) is 78.6 cm³/mol. The molecule has 0 saturated carbocycles. The number of nitrogens with zero attached hydrogens (tertiary/aromatic N) is 3. The molecule has 1 heterocycles. The number of nitro groups is 1. The summed E-state index contributed by atoms with van der Waals surface area (Å²) in [6, 6.07) is 2.92. The lowest BCUT2D eigenvalue weighted by atomic mass is 9.85. The monoisotopic (exact) mass is 291 g/mol. The average molecular weight is 291 g/mol. The Bertz CT molecular complexity index is 666. The molecule has 1 aliphatic heterocycles. The van der Waals surface area contributed by atoms with E-state index in [-0.39, 0.29) is 23.2 Å². The van der Waals surface area contributed by atoms with Crippen molar-refractivity contribution < 1.29 is 14.5 Å². The molecular weight excluding hydrogens is 274 g/mol. The van der Waals surface area contributed by atoms with Crippen molar-refractivity contribution in [3.8, 4) is 0 Å². The van der Waals surface area contributed by atoms with Crippen molar-refractivity contribution in [3.05, 3.63) is 27.8 Å². The molecule has 2 amide bonds. The Balaban J connectivity index is 2.76. The minimum absolute atomic E-state index is 0.130. The fourth-order valence-corrected chi connectivity index (χ4v) is 2.57. The molecule has 0 radical (unpaired) electrons. The molecule has 1 aromatic rings. The van der Waals surface area contributed by atoms with Gasteiger partial charge < -0.3 is 9.80 Å². The van der Waals surface area contributed by atoms with Crippen LogP contribution in [-0.4, -0.2) is 30.8 Å². The topological polar surface area (TPSA) is 83.8 Å². The minimum Gasteiger partial charge on any atom is -0.314 e. The maximum atomic E-state index is 12.3. The van der Waals surface area contributed by atoms with Crippen LogP contribution in [0.25, 0.3) is 0 Å². The van der Waals surface area contributed by atoms with E-state index in [0.29, 0.717) is 11.3 Å². The molecule has 1 aliphatic rings. The fourth-order valence-electron chi connectivity index (χ4n) is 2.57. The molecule has 0 spiro atoms. The van der Waals surface area contributed by atoms with Gasteiger partial charge in [-0.2, -0.15) is 0 Å². The fraction of sp³-hybridized carbons (Fsp3) is 0.429. The lowest BCUT2D eigenvalue weighted by Gasteiger charge is -2.19. The smallest absolute Gasteiger partial charge is 0.295 e. The van der Waals surface area contributed by atoms with Crippen molar-refractivity contribution in [3.63, 3.8) is 0 Å². The normalized spacial score (nSPS) is 15.9. The number of rotatable bonds is 2. The molecule has 0 atom stereocenters. The highest BCUT2D eigenvalue weighted by molar-refractivity contribution is 6.08. The first-order chi connectivity index (χ1) is 9.59. The molecule has 0 bridgehead atoms. The third kappa shape index (κ3) is 2.05.